The molecule has 1 N–H and O–H groups in total. The summed E-state index contributed by atoms with van der Waals surface area (Å²) in [7, 11) is 0. The van der Waals surface area contributed by atoms with Crippen LogP contribution in [0.15, 0.2) is 72.1 Å². The van der Waals surface area contributed by atoms with Gasteiger partial charge in [-0.15, -0.1) is 23.1 Å². The Balaban J connectivity index is 1.40. The Morgan fingerprint density at radius 2 is 1.86 bits per heavy atom. The van der Waals surface area contributed by atoms with Crippen molar-refractivity contribution in [1.82, 2.24) is 19.9 Å². The normalized spacial score (nSPS) is 10.7. The molecule has 0 fully saturated rings. The van der Waals surface area contributed by atoms with Gasteiger partial charge in [-0.1, -0.05) is 6.07 Å². The van der Waals surface area contributed by atoms with Crippen LogP contribution in [0.1, 0.15) is 20.9 Å². The van der Waals surface area contributed by atoms with Crippen LogP contribution in [0.5, 0.6) is 0 Å². The minimum absolute atomic E-state index is 0.182. The fourth-order valence-electron chi connectivity index (χ4n) is 2.58. The average molecular weight is 420 g/mol. The summed E-state index contributed by atoms with van der Waals surface area (Å²) in [6.07, 6.45) is 6.96. The molecule has 0 aliphatic rings. The number of amides is 1. The van der Waals surface area contributed by atoms with Crippen LogP contribution >= 0.6 is 23.1 Å². The first-order valence-electron chi connectivity index (χ1n) is 8.87. The summed E-state index contributed by atoms with van der Waals surface area (Å²) in [6.45, 7) is 1.82. The Morgan fingerprint density at radius 1 is 1.07 bits per heavy atom. The molecule has 0 saturated heterocycles. The van der Waals surface area contributed by atoms with Crippen molar-refractivity contribution in [1.29, 1.82) is 0 Å². The van der Waals surface area contributed by atoms with Crippen LogP contribution in [0.2, 0.25) is 0 Å². The van der Waals surface area contributed by atoms with Gasteiger partial charge >= 0.3 is 0 Å². The predicted octanol–water partition coefficient (Wildman–Crippen LogP) is 4.85. The van der Waals surface area contributed by atoms with Crippen LogP contribution in [-0.4, -0.2) is 25.8 Å². The van der Waals surface area contributed by atoms with Gasteiger partial charge in [-0.05, 0) is 48.9 Å². The summed E-state index contributed by atoms with van der Waals surface area (Å²) in [4.78, 5) is 31.3. The predicted molar refractivity (Wildman–Crippen MR) is 116 cm³/mol. The maximum absolute atomic E-state index is 12.7. The molecule has 0 bridgehead atoms. The Hall–Kier alpha value is -3.10. The average Bonchev–Trinajstić information content (AvgIpc) is 3.16. The van der Waals surface area contributed by atoms with E-state index in [0.717, 1.165) is 16.3 Å². The summed E-state index contributed by atoms with van der Waals surface area (Å²) in [5.41, 5.74) is 2.58. The van der Waals surface area contributed by atoms with Gasteiger partial charge in [0.1, 0.15) is 4.88 Å². The van der Waals surface area contributed by atoms with Gasteiger partial charge in [0.15, 0.2) is 10.8 Å². The number of carbonyl (C=O) groups excluding carboxylic acids is 1. The zero-order valence-electron chi connectivity index (χ0n) is 15.6. The maximum Gasteiger partial charge on any atom is 0.267 e. The number of hydrogen-bond acceptors (Lipinski definition) is 7. The van der Waals surface area contributed by atoms with Crippen molar-refractivity contribution in [2.24, 2.45) is 0 Å². The molecule has 0 aliphatic carbocycles. The number of hydrogen-bond donors (Lipinski definition) is 1. The molecule has 8 heteroatoms. The van der Waals surface area contributed by atoms with Crippen LogP contribution in [0.3, 0.4) is 0 Å². The highest BCUT2D eigenvalue weighted by atomic mass is 32.2. The molecule has 0 atom stereocenters. The van der Waals surface area contributed by atoms with E-state index in [-0.39, 0.29) is 5.91 Å². The van der Waals surface area contributed by atoms with Gasteiger partial charge in [0, 0.05) is 41.1 Å². The Labute approximate surface area is 176 Å². The molecule has 144 valence electrons. The fourth-order valence-corrected chi connectivity index (χ4v) is 4.33. The second-order valence-corrected chi connectivity index (χ2v) is 8.18. The number of carbonyl (C=O) groups is 1. The molecule has 0 spiro atoms. The SMILES string of the molecule is Cc1nc(-c2ncccn2)sc1C(=O)Nc1ccc(SCc2cccnc2)cc1. The van der Waals surface area contributed by atoms with Crippen molar-refractivity contribution in [2.75, 3.05) is 5.32 Å². The number of anilines is 1. The molecule has 3 heterocycles. The lowest BCUT2D eigenvalue weighted by molar-refractivity contribution is 0.103. The largest absolute Gasteiger partial charge is 0.321 e. The number of aromatic nitrogens is 4. The lowest BCUT2D eigenvalue weighted by atomic mass is 10.3. The third-order valence-electron chi connectivity index (χ3n) is 4.00. The molecule has 0 radical (unpaired) electrons. The van der Waals surface area contributed by atoms with Gasteiger partial charge in [-0.2, -0.15) is 0 Å². The van der Waals surface area contributed by atoms with E-state index < -0.39 is 0 Å². The zero-order chi connectivity index (χ0) is 20.1. The monoisotopic (exact) mass is 419 g/mol. The van der Waals surface area contributed by atoms with E-state index in [1.807, 2.05) is 43.5 Å². The number of aryl methyl sites for hydroxylation is 1. The van der Waals surface area contributed by atoms with Crippen LogP contribution in [0.25, 0.3) is 10.8 Å². The first kappa shape index (κ1) is 19.2. The molecule has 0 saturated carbocycles. The minimum atomic E-state index is -0.182. The number of benzene rings is 1. The Morgan fingerprint density at radius 3 is 2.59 bits per heavy atom. The summed E-state index contributed by atoms with van der Waals surface area (Å²) in [6, 6.07) is 13.5. The van der Waals surface area contributed by atoms with Gasteiger partial charge in [-0.3, -0.25) is 9.78 Å². The molecule has 0 unspecified atom stereocenters. The first-order valence-corrected chi connectivity index (χ1v) is 10.7. The quantitative estimate of drug-likeness (QED) is 0.450. The highest BCUT2D eigenvalue weighted by Gasteiger charge is 2.17. The van der Waals surface area contributed by atoms with E-state index in [1.54, 1.807) is 36.4 Å². The second-order valence-electron chi connectivity index (χ2n) is 6.13. The molecular weight excluding hydrogens is 402 g/mol. The number of thiazole rings is 1. The lowest BCUT2D eigenvalue weighted by Gasteiger charge is -2.06. The summed E-state index contributed by atoms with van der Waals surface area (Å²) in [5.74, 6) is 1.19. The van der Waals surface area contributed by atoms with Crippen molar-refractivity contribution in [2.45, 2.75) is 17.6 Å². The number of rotatable bonds is 6. The molecule has 3 aromatic heterocycles. The van der Waals surface area contributed by atoms with Gasteiger partial charge in [-0.25, -0.2) is 15.0 Å². The molecule has 4 rings (SSSR count). The second kappa shape index (κ2) is 8.93. The van der Waals surface area contributed by atoms with Gasteiger partial charge in [0.25, 0.3) is 5.91 Å². The number of thioether (sulfide) groups is 1. The van der Waals surface area contributed by atoms with Crippen LogP contribution in [0, 0.1) is 6.92 Å². The van der Waals surface area contributed by atoms with Gasteiger partial charge in [0.2, 0.25) is 0 Å². The number of nitrogens with one attached hydrogen (secondary N) is 1. The third kappa shape index (κ3) is 4.85. The van der Waals surface area contributed by atoms with Crippen LogP contribution in [0.4, 0.5) is 5.69 Å². The molecule has 1 aromatic carbocycles. The van der Waals surface area contributed by atoms with Crippen molar-refractivity contribution in [3.63, 3.8) is 0 Å². The lowest BCUT2D eigenvalue weighted by Crippen LogP contribution is -2.11. The zero-order valence-corrected chi connectivity index (χ0v) is 17.2. The van der Waals surface area contributed by atoms with E-state index in [4.69, 9.17) is 0 Å². The van der Waals surface area contributed by atoms with Crippen LogP contribution in [-0.2, 0) is 5.75 Å². The maximum atomic E-state index is 12.7. The van der Waals surface area contributed by atoms with E-state index in [2.05, 4.69) is 31.3 Å². The molecule has 1 amide bonds. The molecule has 4 aromatic rings. The van der Waals surface area contributed by atoms with Gasteiger partial charge < -0.3 is 5.32 Å². The smallest absolute Gasteiger partial charge is 0.267 e. The molecular formula is C21H17N5OS2. The summed E-state index contributed by atoms with van der Waals surface area (Å²) in [5, 5.41) is 3.57. The number of nitrogens with zero attached hydrogens (tertiary/aromatic N) is 4. The number of pyridine rings is 1. The van der Waals surface area contributed by atoms with Crippen molar-refractivity contribution < 1.29 is 4.79 Å². The first-order chi connectivity index (χ1) is 14.2. The highest BCUT2D eigenvalue weighted by molar-refractivity contribution is 7.98. The Kier molecular flexibility index (Phi) is 5.92. The van der Waals surface area contributed by atoms with E-state index in [0.29, 0.717) is 21.4 Å². The van der Waals surface area contributed by atoms with Crippen molar-refractivity contribution in [3.8, 4) is 10.8 Å². The summed E-state index contributed by atoms with van der Waals surface area (Å²) >= 11 is 3.02. The van der Waals surface area contributed by atoms with E-state index >= 15 is 0 Å². The van der Waals surface area contributed by atoms with E-state index in [1.165, 1.54) is 16.9 Å². The molecule has 29 heavy (non-hydrogen) atoms. The minimum Gasteiger partial charge on any atom is -0.321 e. The Bertz CT molecular complexity index is 1100. The molecule has 0 aliphatic heterocycles. The topological polar surface area (TPSA) is 80.7 Å². The fraction of sp³-hybridized carbons (Fsp3) is 0.0952. The van der Waals surface area contributed by atoms with Gasteiger partial charge in [0.05, 0.1) is 5.69 Å². The van der Waals surface area contributed by atoms with Crippen molar-refractivity contribution in [3.05, 3.63) is 83.4 Å². The third-order valence-corrected chi connectivity index (χ3v) is 6.24. The standard InChI is InChI=1S/C21H17N5OS2/c1-14-18(29-21(25-14)19-23-10-3-11-24-19)20(27)26-16-5-7-17(8-6-16)28-13-15-4-2-9-22-12-15/h2-12H,13H2,1H3,(H,26,27). The van der Waals surface area contributed by atoms with Crippen molar-refractivity contribution >= 4 is 34.7 Å². The van der Waals surface area contributed by atoms with Crippen LogP contribution < -0.4 is 5.32 Å². The summed E-state index contributed by atoms with van der Waals surface area (Å²) < 4.78 is 0. The highest BCUT2D eigenvalue weighted by Crippen LogP contribution is 2.27. The molecule has 6 nitrogen and oxygen atoms in total. The van der Waals surface area contributed by atoms with E-state index in [9.17, 15) is 4.79 Å².